The third-order valence-electron chi connectivity index (χ3n) is 4.33. The van der Waals surface area contributed by atoms with Gasteiger partial charge >= 0.3 is 0 Å². The zero-order valence-electron chi connectivity index (χ0n) is 15.7. The third-order valence-corrected chi connectivity index (χ3v) is 6.47. The van der Waals surface area contributed by atoms with Crippen molar-refractivity contribution in [2.45, 2.75) is 18.4 Å². The van der Waals surface area contributed by atoms with Crippen molar-refractivity contribution < 1.29 is 22.0 Å². The fourth-order valence-corrected chi connectivity index (χ4v) is 4.19. The number of sulfonamides is 1. The number of rotatable bonds is 6. The molecule has 156 valence electrons. The topological polar surface area (TPSA) is 75.3 Å². The van der Waals surface area contributed by atoms with Gasteiger partial charge in [0.05, 0.1) is 10.6 Å². The van der Waals surface area contributed by atoms with E-state index in [1.165, 1.54) is 54.6 Å². The summed E-state index contributed by atoms with van der Waals surface area (Å²) in [7, 11) is -4.12. The Balaban J connectivity index is 1.83. The highest BCUT2D eigenvalue weighted by molar-refractivity contribution is 9.10. The molecule has 0 heterocycles. The van der Waals surface area contributed by atoms with Crippen molar-refractivity contribution in [3.63, 3.8) is 0 Å². The van der Waals surface area contributed by atoms with Gasteiger partial charge in [0.1, 0.15) is 11.6 Å². The predicted octanol–water partition coefficient (Wildman–Crippen LogP) is 4.77. The molecule has 0 atom stereocenters. The van der Waals surface area contributed by atoms with Crippen LogP contribution in [0.25, 0.3) is 0 Å². The average Bonchev–Trinajstić information content (AvgIpc) is 2.70. The van der Waals surface area contributed by atoms with Crippen LogP contribution in [0.4, 0.5) is 14.5 Å². The molecule has 9 heteroatoms. The van der Waals surface area contributed by atoms with Gasteiger partial charge < -0.3 is 5.32 Å². The second-order valence-electron chi connectivity index (χ2n) is 6.48. The normalized spacial score (nSPS) is 11.2. The molecule has 0 saturated carbocycles. The number of carbonyl (C=O) groups excluding carboxylic acids is 1. The van der Waals surface area contributed by atoms with E-state index in [1.54, 1.807) is 6.92 Å². The lowest BCUT2D eigenvalue weighted by atomic mass is 10.1. The number of para-hydroxylation sites is 1. The van der Waals surface area contributed by atoms with Crippen molar-refractivity contribution >= 4 is 37.5 Å². The SMILES string of the molecule is Cc1ccc(S(=O)(=O)Nc2ccccc2F)cc1C(=O)NCc1cc(F)ccc1Br. The number of hydrogen-bond donors (Lipinski definition) is 2. The second-order valence-corrected chi connectivity index (χ2v) is 9.02. The standard InChI is InChI=1S/C21H17BrF2N2O3S/c1-13-6-8-16(30(28,29)26-20-5-3-2-4-19(20)24)11-17(13)21(27)25-12-14-10-15(23)7-9-18(14)22/h2-11,26H,12H2,1H3,(H,25,27). The molecule has 3 aromatic carbocycles. The van der Waals surface area contributed by atoms with E-state index in [0.717, 1.165) is 6.07 Å². The first-order valence-electron chi connectivity index (χ1n) is 8.77. The molecule has 0 aliphatic rings. The van der Waals surface area contributed by atoms with Crippen LogP contribution in [-0.2, 0) is 16.6 Å². The lowest BCUT2D eigenvalue weighted by Crippen LogP contribution is -2.24. The Labute approximate surface area is 181 Å². The molecule has 0 spiro atoms. The highest BCUT2D eigenvalue weighted by atomic mass is 79.9. The molecule has 0 aliphatic carbocycles. The summed E-state index contributed by atoms with van der Waals surface area (Å²) in [6, 6.07) is 13.5. The summed E-state index contributed by atoms with van der Waals surface area (Å²) < 4.78 is 55.3. The molecule has 0 radical (unpaired) electrons. The van der Waals surface area contributed by atoms with Crippen LogP contribution in [0.5, 0.6) is 0 Å². The van der Waals surface area contributed by atoms with Crippen molar-refractivity contribution in [1.29, 1.82) is 0 Å². The number of carbonyl (C=O) groups is 1. The van der Waals surface area contributed by atoms with E-state index in [-0.39, 0.29) is 22.7 Å². The lowest BCUT2D eigenvalue weighted by Gasteiger charge is -2.12. The van der Waals surface area contributed by atoms with Crippen LogP contribution in [0.1, 0.15) is 21.5 Å². The molecule has 30 heavy (non-hydrogen) atoms. The van der Waals surface area contributed by atoms with E-state index in [9.17, 15) is 22.0 Å². The quantitative estimate of drug-likeness (QED) is 0.518. The van der Waals surface area contributed by atoms with Crippen LogP contribution in [0.3, 0.4) is 0 Å². The number of amides is 1. The van der Waals surface area contributed by atoms with E-state index in [2.05, 4.69) is 26.0 Å². The van der Waals surface area contributed by atoms with Gasteiger partial charge in [0.15, 0.2) is 0 Å². The fraction of sp³-hybridized carbons (Fsp3) is 0.0952. The Morgan fingerprint density at radius 2 is 1.77 bits per heavy atom. The summed E-state index contributed by atoms with van der Waals surface area (Å²) in [4.78, 5) is 12.4. The van der Waals surface area contributed by atoms with Gasteiger partial charge in [-0.1, -0.05) is 34.1 Å². The first-order valence-corrected chi connectivity index (χ1v) is 11.0. The molecule has 0 aromatic heterocycles. The van der Waals surface area contributed by atoms with Crippen molar-refractivity contribution in [1.82, 2.24) is 5.32 Å². The summed E-state index contributed by atoms with van der Waals surface area (Å²) in [6.45, 7) is 1.70. The van der Waals surface area contributed by atoms with Gasteiger partial charge in [-0.3, -0.25) is 9.52 Å². The zero-order valence-corrected chi connectivity index (χ0v) is 18.1. The highest BCUT2D eigenvalue weighted by Gasteiger charge is 2.19. The third kappa shape index (κ3) is 5.03. The Hall–Kier alpha value is -2.78. The average molecular weight is 495 g/mol. The predicted molar refractivity (Wildman–Crippen MR) is 114 cm³/mol. The number of aryl methyl sites for hydroxylation is 1. The summed E-state index contributed by atoms with van der Waals surface area (Å²) in [5.41, 5.74) is 1.03. The van der Waals surface area contributed by atoms with Crippen LogP contribution in [0.2, 0.25) is 0 Å². The minimum Gasteiger partial charge on any atom is -0.348 e. The Kier molecular flexibility index (Phi) is 6.52. The van der Waals surface area contributed by atoms with E-state index in [1.807, 2.05) is 0 Å². The first kappa shape index (κ1) is 21.9. The van der Waals surface area contributed by atoms with Crippen molar-refractivity contribution in [3.05, 3.63) is 93.5 Å². The van der Waals surface area contributed by atoms with Crippen LogP contribution in [-0.4, -0.2) is 14.3 Å². The maximum atomic E-state index is 13.8. The first-order chi connectivity index (χ1) is 14.2. The molecular weight excluding hydrogens is 478 g/mol. The molecule has 2 N–H and O–H groups in total. The van der Waals surface area contributed by atoms with Gasteiger partial charge in [0, 0.05) is 16.6 Å². The summed E-state index contributed by atoms with van der Waals surface area (Å²) in [6.07, 6.45) is 0. The monoisotopic (exact) mass is 494 g/mol. The number of benzene rings is 3. The van der Waals surface area contributed by atoms with Crippen molar-refractivity contribution in [2.24, 2.45) is 0 Å². The van der Waals surface area contributed by atoms with Crippen LogP contribution < -0.4 is 10.0 Å². The molecule has 0 fully saturated rings. The maximum Gasteiger partial charge on any atom is 0.262 e. The van der Waals surface area contributed by atoms with E-state index in [0.29, 0.717) is 15.6 Å². The minimum absolute atomic E-state index is 0.0427. The largest absolute Gasteiger partial charge is 0.348 e. The fourth-order valence-electron chi connectivity index (χ4n) is 2.71. The Morgan fingerprint density at radius 1 is 1.03 bits per heavy atom. The molecule has 1 amide bonds. The number of halogens is 3. The van der Waals surface area contributed by atoms with Crippen LogP contribution >= 0.6 is 15.9 Å². The van der Waals surface area contributed by atoms with Gasteiger partial charge in [0.2, 0.25) is 0 Å². The van der Waals surface area contributed by atoms with Crippen LogP contribution in [0.15, 0.2) is 70.0 Å². The summed E-state index contributed by atoms with van der Waals surface area (Å²) >= 11 is 3.29. The van der Waals surface area contributed by atoms with Gasteiger partial charge in [-0.05, 0) is 60.5 Å². The maximum absolute atomic E-state index is 13.8. The van der Waals surface area contributed by atoms with Crippen molar-refractivity contribution in [2.75, 3.05) is 4.72 Å². The van der Waals surface area contributed by atoms with Gasteiger partial charge in [-0.15, -0.1) is 0 Å². The zero-order chi connectivity index (χ0) is 21.9. The van der Waals surface area contributed by atoms with Crippen molar-refractivity contribution in [3.8, 4) is 0 Å². The Bertz CT molecular complexity index is 1220. The Morgan fingerprint density at radius 3 is 2.50 bits per heavy atom. The highest BCUT2D eigenvalue weighted by Crippen LogP contribution is 2.22. The van der Waals surface area contributed by atoms with Gasteiger partial charge in [0.25, 0.3) is 15.9 Å². The molecule has 0 saturated heterocycles. The molecule has 5 nitrogen and oxygen atoms in total. The summed E-state index contributed by atoms with van der Waals surface area (Å²) in [5, 5.41) is 2.65. The minimum atomic E-state index is -4.12. The molecule has 0 unspecified atom stereocenters. The molecule has 0 aliphatic heterocycles. The van der Waals surface area contributed by atoms with E-state index >= 15 is 0 Å². The molecule has 0 bridgehead atoms. The molecular formula is C21H17BrF2N2O3S. The van der Waals surface area contributed by atoms with Crippen LogP contribution in [0, 0.1) is 18.6 Å². The molecule has 3 rings (SSSR count). The second kappa shape index (κ2) is 8.93. The lowest BCUT2D eigenvalue weighted by molar-refractivity contribution is 0.0950. The number of nitrogens with one attached hydrogen (secondary N) is 2. The van der Waals surface area contributed by atoms with E-state index < -0.39 is 27.6 Å². The molecule has 3 aromatic rings. The number of anilines is 1. The number of hydrogen-bond acceptors (Lipinski definition) is 3. The summed E-state index contributed by atoms with van der Waals surface area (Å²) in [5.74, 6) is -1.68. The van der Waals surface area contributed by atoms with E-state index in [4.69, 9.17) is 0 Å². The van der Waals surface area contributed by atoms with Gasteiger partial charge in [-0.2, -0.15) is 0 Å². The smallest absolute Gasteiger partial charge is 0.262 e. The van der Waals surface area contributed by atoms with Gasteiger partial charge in [-0.25, -0.2) is 17.2 Å².